The standard InChI is InChI=1S/C25H28N8O/c1-31(2)20-7-10-33(11-8-20)25-12-17(6-9-26-25)24(34)14-19-13-22-18(15-27-19)4-5-21(28-22)23-16-32(3)30-29-23/h4-6,9,12-13,15-16,20H,7-8,10-11,14H2,1-3H3. The number of pyridine rings is 3. The molecule has 4 aromatic heterocycles. The molecule has 9 heteroatoms. The van der Waals surface area contributed by atoms with Crippen LogP contribution in [-0.2, 0) is 13.5 Å². The van der Waals surface area contributed by atoms with Gasteiger partial charge in [-0.2, -0.15) is 0 Å². The lowest BCUT2D eigenvalue weighted by molar-refractivity contribution is 0.0992. The number of hydrogen-bond donors (Lipinski definition) is 0. The highest BCUT2D eigenvalue weighted by Crippen LogP contribution is 2.22. The molecule has 1 aliphatic rings. The van der Waals surface area contributed by atoms with Crippen molar-refractivity contribution in [2.75, 3.05) is 32.1 Å². The number of rotatable bonds is 6. The first-order valence-corrected chi connectivity index (χ1v) is 11.5. The Hall–Kier alpha value is -3.72. The summed E-state index contributed by atoms with van der Waals surface area (Å²) in [6, 6.07) is 10.0. The summed E-state index contributed by atoms with van der Waals surface area (Å²) in [6.45, 7) is 1.89. The lowest BCUT2D eigenvalue weighted by atomic mass is 10.0. The third-order valence-electron chi connectivity index (χ3n) is 6.42. The largest absolute Gasteiger partial charge is 0.356 e. The Kier molecular flexibility index (Phi) is 6.02. The molecule has 0 unspecified atom stereocenters. The molecule has 5 rings (SSSR count). The fourth-order valence-corrected chi connectivity index (χ4v) is 4.40. The summed E-state index contributed by atoms with van der Waals surface area (Å²) < 4.78 is 1.64. The second-order valence-corrected chi connectivity index (χ2v) is 9.03. The molecule has 9 nitrogen and oxygen atoms in total. The Bertz CT molecular complexity index is 1320. The summed E-state index contributed by atoms with van der Waals surface area (Å²) >= 11 is 0. The van der Waals surface area contributed by atoms with E-state index in [0.29, 0.717) is 23.0 Å². The van der Waals surface area contributed by atoms with Crippen molar-refractivity contribution in [1.82, 2.24) is 34.8 Å². The number of ketones is 1. The van der Waals surface area contributed by atoms with Crippen molar-refractivity contribution >= 4 is 22.5 Å². The van der Waals surface area contributed by atoms with Crippen molar-refractivity contribution in [3.05, 3.63) is 60.2 Å². The van der Waals surface area contributed by atoms with E-state index in [1.54, 1.807) is 23.1 Å². The summed E-state index contributed by atoms with van der Waals surface area (Å²) in [5.74, 6) is 0.883. The van der Waals surface area contributed by atoms with Gasteiger partial charge in [0.15, 0.2) is 5.78 Å². The SMILES string of the molecule is CN(C)C1CCN(c2cc(C(=O)Cc3cc4nc(-c5cn(C)nn5)ccc4cn3)ccn2)CC1. The smallest absolute Gasteiger partial charge is 0.169 e. The van der Waals surface area contributed by atoms with Gasteiger partial charge in [0.1, 0.15) is 11.5 Å². The number of aryl methyl sites for hydroxylation is 1. The minimum absolute atomic E-state index is 0.0174. The van der Waals surface area contributed by atoms with Crippen molar-refractivity contribution in [2.24, 2.45) is 7.05 Å². The van der Waals surface area contributed by atoms with E-state index in [4.69, 9.17) is 4.98 Å². The fourth-order valence-electron chi connectivity index (χ4n) is 4.40. The Labute approximate surface area is 198 Å². The van der Waals surface area contributed by atoms with E-state index in [-0.39, 0.29) is 12.2 Å². The first kappa shape index (κ1) is 22.1. The second kappa shape index (κ2) is 9.26. The zero-order valence-corrected chi connectivity index (χ0v) is 19.7. The van der Waals surface area contributed by atoms with Crippen LogP contribution in [0.1, 0.15) is 28.9 Å². The van der Waals surface area contributed by atoms with Crippen molar-refractivity contribution in [1.29, 1.82) is 0 Å². The van der Waals surface area contributed by atoms with Crippen molar-refractivity contribution in [3.8, 4) is 11.4 Å². The summed E-state index contributed by atoms with van der Waals surface area (Å²) in [5.41, 5.74) is 3.56. The van der Waals surface area contributed by atoms with Crippen LogP contribution in [0.2, 0.25) is 0 Å². The van der Waals surface area contributed by atoms with Crippen LogP contribution < -0.4 is 4.90 Å². The highest BCUT2D eigenvalue weighted by Gasteiger charge is 2.22. The molecule has 0 bridgehead atoms. The molecule has 1 fully saturated rings. The quantitative estimate of drug-likeness (QED) is 0.409. The predicted molar refractivity (Wildman–Crippen MR) is 131 cm³/mol. The number of anilines is 1. The Morgan fingerprint density at radius 1 is 1.09 bits per heavy atom. The number of carbonyl (C=O) groups is 1. The molecule has 1 aliphatic heterocycles. The maximum absolute atomic E-state index is 13.1. The maximum Gasteiger partial charge on any atom is 0.169 e. The van der Waals surface area contributed by atoms with E-state index in [1.165, 1.54) is 0 Å². The van der Waals surface area contributed by atoms with Gasteiger partial charge < -0.3 is 9.80 Å². The summed E-state index contributed by atoms with van der Waals surface area (Å²) in [4.78, 5) is 31.4. The summed E-state index contributed by atoms with van der Waals surface area (Å²) in [6.07, 6.45) is 7.71. The van der Waals surface area contributed by atoms with Gasteiger partial charge in [0.25, 0.3) is 0 Å². The van der Waals surface area contributed by atoms with Gasteiger partial charge in [0.05, 0.1) is 29.5 Å². The Morgan fingerprint density at radius 2 is 1.91 bits per heavy atom. The molecule has 0 amide bonds. The van der Waals surface area contributed by atoms with Gasteiger partial charge >= 0.3 is 0 Å². The maximum atomic E-state index is 13.1. The average molecular weight is 457 g/mol. The molecular formula is C25H28N8O. The van der Waals surface area contributed by atoms with E-state index in [2.05, 4.69) is 44.2 Å². The highest BCUT2D eigenvalue weighted by molar-refractivity contribution is 5.98. The summed E-state index contributed by atoms with van der Waals surface area (Å²) in [5, 5.41) is 9.02. The number of Topliss-reactive ketones (excluding diaryl/α,β-unsaturated/α-hetero) is 1. The van der Waals surface area contributed by atoms with Crippen LogP contribution in [0.15, 0.2) is 48.9 Å². The normalized spacial score (nSPS) is 14.8. The van der Waals surface area contributed by atoms with Gasteiger partial charge in [-0.1, -0.05) is 5.21 Å². The third-order valence-corrected chi connectivity index (χ3v) is 6.42. The first-order valence-electron chi connectivity index (χ1n) is 11.5. The van der Waals surface area contributed by atoms with E-state index in [0.717, 1.165) is 48.3 Å². The molecule has 0 radical (unpaired) electrons. The minimum Gasteiger partial charge on any atom is -0.356 e. The van der Waals surface area contributed by atoms with Crippen LogP contribution >= 0.6 is 0 Å². The van der Waals surface area contributed by atoms with E-state index < -0.39 is 0 Å². The molecule has 0 atom stereocenters. The van der Waals surface area contributed by atoms with Crippen LogP contribution in [0, 0.1) is 0 Å². The number of nitrogens with zero attached hydrogens (tertiary/aromatic N) is 8. The van der Waals surface area contributed by atoms with Crippen LogP contribution in [0.25, 0.3) is 22.3 Å². The van der Waals surface area contributed by atoms with Gasteiger partial charge in [-0.25, -0.2) is 9.97 Å². The molecule has 34 heavy (non-hydrogen) atoms. The van der Waals surface area contributed by atoms with Gasteiger partial charge in [0.2, 0.25) is 0 Å². The number of carbonyl (C=O) groups excluding carboxylic acids is 1. The van der Waals surface area contributed by atoms with Crippen molar-refractivity contribution in [2.45, 2.75) is 25.3 Å². The summed E-state index contributed by atoms with van der Waals surface area (Å²) in [7, 11) is 6.08. The van der Waals surface area contributed by atoms with Crippen LogP contribution in [0.3, 0.4) is 0 Å². The van der Waals surface area contributed by atoms with Crippen LogP contribution in [-0.4, -0.2) is 73.9 Å². The minimum atomic E-state index is 0.0174. The monoisotopic (exact) mass is 456 g/mol. The number of fused-ring (bicyclic) bond motifs is 1. The van der Waals surface area contributed by atoms with Gasteiger partial charge in [0, 0.05) is 49.5 Å². The first-order chi connectivity index (χ1) is 16.5. The molecule has 4 aromatic rings. The second-order valence-electron chi connectivity index (χ2n) is 9.03. The van der Waals surface area contributed by atoms with E-state index in [1.807, 2.05) is 37.5 Å². The molecule has 174 valence electrons. The lowest BCUT2D eigenvalue weighted by Crippen LogP contribution is -2.42. The molecule has 0 saturated carbocycles. The molecule has 0 spiro atoms. The van der Waals surface area contributed by atoms with E-state index in [9.17, 15) is 4.79 Å². The third kappa shape index (κ3) is 4.65. The topological polar surface area (TPSA) is 92.9 Å². The predicted octanol–water partition coefficient (Wildman–Crippen LogP) is 2.78. The average Bonchev–Trinajstić information content (AvgIpc) is 3.30. The van der Waals surface area contributed by atoms with Crippen molar-refractivity contribution in [3.63, 3.8) is 0 Å². The molecule has 0 aromatic carbocycles. The highest BCUT2D eigenvalue weighted by atomic mass is 16.1. The Morgan fingerprint density at radius 3 is 2.65 bits per heavy atom. The fraction of sp³-hybridized carbons (Fsp3) is 0.360. The van der Waals surface area contributed by atoms with Crippen LogP contribution in [0.5, 0.6) is 0 Å². The van der Waals surface area contributed by atoms with Gasteiger partial charge in [-0.3, -0.25) is 14.5 Å². The van der Waals surface area contributed by atoms with E-state index >= 15 is 0 Å². The Balaban J connectivity index is 1.32. The molecular weight excluding hydrogens is 428 g/mol. The molecule has 0 N–H and O–H groups in total. The number of piperidine rings is 1. The lowest BCUT2D eigenvalue weighted by Gasteiger charge is -2.35. The van der Waals surface area contributed by atoms with Gasteiger partial charge in [-0.05, 0) is 57.3 Å². The zero-order chi connectivity index (χ0) is 23.7. The molecule has 0 aliphatic carbocycles. The van der Waals surface area contributed by atoms with Gasteiger partial charge in [-0.15, -0.1) is 5.10 Å². The molecule has 5 heterocycles. The molecule has 1 saturated heterocycles. The number of hydrogen-bond acceptors (Lipinski definition) is 8. The van der Waals surface area contributed by atoms with Crippen molar-refractivity contribution < 1.29 is 4.79 Å². The zero-order valence-electron chi connectivity index (χ0n) is 19.7. The number of aromatic nitrogens is 6. The van der Waals surface area contributed by atoms with Crippen LogP contribution in [0.4, 0.5) is 5.82 Å².